The first kappa shape index (κ1) is 17.3. The van der Waals surface area contributed by atoms with Gasteiger partial charge in [0.05, 0.1) is 6.10 Å². The number of rotatable bonds is 5. The molecule has 0 radical (unpaired) electrons. The van der Waals surface area contributed by atoms with Gasteiger partial charge in [0.25, 0.3) is 0 Å². The summed E-state index contributed by atoms with van der Waals surface area (Å²) < 4.78 is 5.48. The number of hydrogen-bond acceptors (Lipinski definition) is 1. The third-order valence-electron chi connectivity index (χ3n) is 6.42. The number of methoxy groups -OCH3 is 1. The van der Waals surface area contributed by atoms with Crippen LogP contribution < -0.4 is 0 Å². The van der Waals surface area contributed by atoms with Crippen LogP contribution in [0.15, 0.2) is 0 Å². The van der Waals surface area contributed by atoms with Gasteiger partial charge in [-0.1, -0.05) is 52.9 Å². The van der Waals surface area contributed by atoms with Crippen molar-refractivity contribution in [1.82, 2.24) is 0 Å². The molecule has 0 atom stereocenters. The zero-order valence-electron chi connectivity index (χ0n) is 15.0. The standard InChI is InChI=1S/C20H38O/c1-20(2,3)18-12-8-16(9-13-18)6-5-7-17-10-14-19(21-4)15-11-17/h16-19H,5-15H2,1-4H3. The Morgan fingerprint density at radius 3 is 1.67 bits per heavy atom. The summed E-state index contributed by atoms with van der Waals surface area (Å²) in [7, 11) is 1.87. The predicted octanol–water partition coefficient (Wildman–Crippen LogP) is 6.21. The lowest BCUT2D eigenvalue weighted by molar-refractivity contribution is 0.0547. The van der Waals surface area contributed by atoms with E-state index in [1.165, 1.54) is 70.6 Å². The summed E-state index contributed by atoms with van der Waals surface area (Å²) >= 11 is 0. The first-order chi connectivity index (χ1) is 9.99. The van der Waals surface area contributed by atoms with Gasteiger partial charge < -0.3 is 4.74 Å². The summed E-state index contributed by atoms with van der Waals surface area (Å²) in [6.07, 6.45) is 16.4. The minimum Gasteiger partial charge on any atom is -0.381 e. The Hall–Kier alpha value is -0.0400. The minimum absolute atomic E-state index is 0.533. The molecule has 0 aromatic carbocycles. The van der Waals surface area contributed by atoms with E-state index in [1.54, 1.807) is 0 Å². The fourth-order valence-electron chi connectivity index (χ4n) is 4.67. The summed E-state index contributed by atoms with van der Waals surface area (Å²) in [5.74, 6) is 3.01. The van der Waals surface area contributed by atoms with Crippen LogP contribution in [0.4, 0.5) is 0 Å². The van der Waals surface area contributed by atoms with E-state index in [9.17, 15) is 0 Å². The van der Waals surface area contributed by atoms with Crippen LogP contribution in [0.5, 0.6) is 0 Å². The van der Waals surface area contributed by atoms with Gasteiger partial charge in [0.15, 0.2) is 0 Å². The largest absolute Gasteiger partial charge is 0.381 e. The highest BCUT2D eigenvalue weighted by molar-refractivity contribution is 4.81. The maximum absolute atomic E-state index is 5.48. The highest BCUT2D eigenvalue weighted by atomic mass is 16.5. The molecule has 0 bridgehead atoms. The molecule has 2 rings (SSSR count). The van der Waals surface area contributed by atoms with Gasteiger partial charge >= 0.3 is 0 Å². The fourth-order valence-corrected chi connectivity index (χ4v) is 4.67. The second-order valence-electron chi connectivity index (χ2n) is 8.89. The first-order valence-corrected chi connectivity index (χ1v) is 9.52. The third-order valence-corrected chi connectivity index (χ3v) is 6.42. The normalized spacial score (nSPS) is 34.9. The third kappa shape index (κ3) is 5.58. The van der Waals surface area contributed by atoms with Crippen LogP contribution in [0.2, 0.25) is 0 Å². The molecule has 0 spiro atoms. The lowest BCUT2D eigenvalue weighted by atomic mass is 9.69. The second-order valence-corrected chi connectivity index (χ2v) is 8.89. The number of ether oxygens (including phenoxy) is 1. The average molecular weight is 295 g/mol. The van der Waals surface area contributed by atoms with Crippen LogP contribution in [0.3, 0.4) is 0 Å². The van der Waals surface area contributed by atoms with Crippen molar-refractivity contribution in [2.24, 2.45) is 23.2 Å². The van der Waals surface area contributed by atoms with Gasteiger partial charge in [0.2, 0.25) is 0 Å². The molecule has 0 aromatic heterocycles. The van der Waals surface area contributed by atoms with E-state index in [0.29, 0.717) is 11.5 Å². The molecular weight excluding hydrogens is 256 g/mol. The summed E-state index contributed by atoms with van der Waals surface area (Å²) in [4.78, 5) is 0. The average Bonchev–Trinajstić information content (AvgIpc) is 2.47. The van der Waals surface area contributed by atoms with Gasteiger partial charge in [0.1, 0.15) is 0 Å². The molecule has 124 valence electrons. The maximum Gasteiger partial charge on any atom is 0.0571 e. The molecule has 2 saturated carbocycles. The zero-order valence-corrected chi connectivity index (χ0v) is 15.0. The number of hydrogen-bond donors (Lipinski definition) is 0. The zero-order chi connectivity index (χ0) is 15.3. The molecule has 2 aliphatic carbocycles. The van der Waals surface area contributed by atoms with E-state index in [-0.39, 0.29) is 0 Å². The molecule has 0 N–H and O–H groups in total. The van der Waals surface area contributed by atoms with Crippen molar-refractivity contribution in [3.05, 3.63) is 0 Å². The molecule has 21 heavy (non-hydrogen) atoms. The summed E-state index contributed by atoms with van der Waals surface area (Å²) in [6, 6.07) is 0. The van der Waals surface area contributed by atoms with Crippen LogP contribution in [0.1, 0.15) is 91.4 Å². The lowest BCUT2D eigenvalue weighted by Gasteiger charge is -2.37. The van der Waals surface area contributed by atoms with Gasteiger partial charge in [-0.05, 0) is 61.7 Å². The molecule has 2 aliphatic rings. The quantitative estimate of drug-likeness (QED) is 0.585. The van der Waals surface area contributed by atoms with E-state index >= 15 is 0 Å². The maximum atomic E-state index is 5.48. The van der Waals surface area contributed by atoms with E-state index in [2.05, 4.69) is 20.8 Å². The van der Waals surface area contributed by atoms with E-state index in [0.717, 1.165) is 17.8 Å². The molecule has 0 amide bonds. The minimum atomic E-state index is 0.533. The Kier molecular flexibility index (Phi) is 6.59. The molecule has 1 heteroatoms. The van der Waals surface area contributed by atoms with E-state index < -0.39 is 0 Å². The van der Waals surface area contributed by atoms with Crippen molar-refractivity contribution < 1.29 is 4.74 Å². The lowest BCUT2D eigenvalue weighted by Crippen LogP contribution is -2.26. The van der Waals surface area contributed by atoms with Crippen LogP contribution in [-0.4, -0.2) is 13.2 Å². The van der Waals surface area contributed by atoms with E-state index in [1.807, 2.05) is 7.11 Å². The molecule has 2 fully saturated rings. The molecule has 1 nitrogen and oxygen atoms in total. The van der Waals surface area contributed by atoms with Gasteiger partial charge in [-0.3, -0.25) is 0 Å². The second kappa shape index (κ2) is 7.99. The summed E-state index contributed by atoms with van der Waals surface area (Å²) in [5.41, 5.74) is 0.533. The fraction of sp³-hybridized carbons (Fsp3) is 1.00. The first-order valence-electron chi connectivity index (χ1n) is 9.52. The summed E-state index contributed by atoms with van der Waals surface area (Å²) in [6.45, 7) is 7.27. The van der Waals surface area contributed by atoms with Crippen molar-refractivity contribution >= 4 is 0 Å². The van der Waals surface area contributed by atoms with Crippen molar-refractivity contribution in [2.45, 2.75) is 97.5 Å². The summed E-state index contributed by atoms with van der Waals surface area (Å²) in [5, 5.41) is 0. The highest BCUT2D eigenvalue weighted by Gasteiger charge is 2.29. The molecule has 0 heterocycles. The SMILES string of the molecule is COC1CCC(CCCC2CCC(C(C)(C)C)CC2)CC1. The Morgan fingerprint density at radius 1 is 0.762 bits per heavy atom. The van der Waals surface area contributed by atoms with Crippen LogP contribution in [0.25, 0.3) is 0 Å². The molecular formula is C20H38O. The Balaban J connectivity index is 1.56. The topological polar surface area (TPSA) is 9.23 Å². The molecule has 0 saturated heterocycles. The Bertz CT molecular complexity index is 275. The van der Waals surface area contributed by atoms with Gasteiger partial charge in [-0.25, -0.2) is 0 Å². The van der Waals surface area contributed by atoms with E-state index in [4.69, 9.17) is 4.74 Å². The molecule has 0 aromatic rings. The van der Waals surface area contributed by atoms with Crippen LogP contribution in [-0.2, 0) is 4.74 Å². The Labute approximate surface area is 133 Å². The smallest absolute Gasteiger partial charge is 0.0571 e. The van der Waals surface area contributed by atoms with Crippen molar-refractivity contribution in [3.63, 3.8) is 0 Å². The highest BCUT2D eigenvalue weighted by Crippen LogP contribution is 2.41. The van der Waals surface area contributed by atoms with Crippen molar-refractivity contribution in [1.29, 1.82) is 0 Å². The van der Waals surface area contributed by atoms with Crippen molar-refractivity contribution in [3.8, 4) is 0 Å². The van der Waals surface area contributed by atoms with Gasteiger partial charge in [0, 0.05) is 7.11 Å². The van der Waals surface area contributed by atoms with Crippen LogP contribution in [0, 0.1) is 23.2 Å². The van der Waals surface area contributed by atoms with Gasteiger partial charge in [-0.2, -0.15) is 0 Å². The van der Waals surface area contributed by atoms with Crippen LogP contribution >= 0.6 is 0 Å². The monoisotopic (exact) mass is 294 g/mol. The Morgan fingerprint density at radius 2 is 1.24 bits per heavy atom. The van der Waals surface area contributed by atoms with Gasteiger partial charge in [-0.15, -0.1) is 0 Å². The predicted molar refractivity (Wildman–Crippen MR) is 91.5 cm³/mol. The molecule has 0 aliphatic heterocycles. The molecule has 0 unspecified atom stereocenters. The van der Waals surface area contributed by atoms with Crippen molar-refractivity contribution in [2.75, 3.05) is 7.11 Å².